The molecule has 0 unspecified atom stereocenters. The molecule has 3 aromatic rings. The Morgan fingerprint density at radius 3 is 2.67 bits per heavy atom. The van der Waals surface area contributed by atoms with Crippen molar-refractivity contribution in [2.24, 2.45) is 0 Å². The molecule has 6 nitrogen and oxygen atoms in total. The minimum atomic E-state index is -0.280. The van der Waals surface area contributed by atoms with E-state index in [0.29, 0.717) is 5.69 Å². The van der Waals surface area contributed by atoms with Gasteiger partial charge in [-0.1, -0.05) is 18.2 Å². The lowest BCUT2D eigenvalue weighted by Crippen LogP contribution is -2.31. The van der Waals surface area contributed by atoms with Crippen LogP contribution in [0.1, 0.15) is 37.1 Å². The van der Waals surface area contributed by atoms with Gasteiger partial charge in [-0.15, -0.1) is 0 Å². The van der Waals surface area contributed by atoms with Gasteiger partial charge >= 0.3 is 6.03 Å². The van der Waals surface area contributed by atoms with Gasteiger partial charge in [0.15, 0.2) is 0 Å². The van der Waals surface area contributed by atoms with Gasteiger partial charge < -0.3 is 20.0 Å². The minimum Gasteiger partial charge on any atom is -0.459 e. The van der Waals surface area contributed by atoms with Gasteiger partial charge in [0.1, 0.15) is 17.2 Å². The lowest BCUT2D eigenvalue weighted by Gasteiger charge is -2.17. The highest BCUT2D eigenvalue weighted by Crippen LogP contribution is 2.29. The van der Waals surface area contributed by atoms with Crippen molar-refractivity contribution in [3.63, 3.8) is 0 Å². The predicted octanol–water partition coefficient (Wildman–Crippen LogP) is 4.62. The molecule has 6 heteroatoms. The van der Waals surface area contributed by atoms with Crippen LogP contribution >= 0.6 is 0 Å². The molecule has 2 aromatic heterocycles. The predicted molar refractivity (Wildman–Crippen MR) is 107 cm³/mol. The van der Waals surface area contributed by atoms with Gasteiger partial charge in [-0.3, -0.25) is 0 Å². The van der Waals surface area contributed by atoms with E-state index >= 15 is 0 Å². The van der Waals surface area contributed by atoms with Crippen LogP contribution in [-0.2, 0) is 0 Å². The number of furan rings is 1. The number of aryl methyl sites for hydroxylation is 1. The second kappa shape index (κ2) is 7.31. The fraction of sp³-hybridized carbons (Fsp3) is 0.333. The number of hydrogen-bond acceptors (Lipinski definition) is 4. The topological polar surface area (TPSA) is 70.4 Å². The molecule has 2 N–H and O–H groups in total. The van der Waals surface area contributed by atoms with E-state index in [1.54, 1.807) is 6.20 Å². The zero-order valence-electron chi connectivity index (χ0n) is 15.7. The third-order valence-electron chi connectivity index (χ3n) is 5.06. The summed E-state index contributed by atoms with van der Waals surface area (Å²) >= 11 is 0. The lowest BCUT2D eigenvalue weighted by atomic mass is 10.1. The van der Waals surface area contributed by atoms with Crippen LogP contribution in [0.15, 0.2) is 47.0 Å². The summed E-state index contributed by atoms with van der Waals surface area (Å²) in [5, 5.41) is 6.85. The number of aromatic nitrogens is 1. The molecule has 1 aliphatic rings. The highest BCUT2D eigenvalue weighted by Gasteiger charge is 2.18. The van der Waals surface area contributed by atoms with Crippen molar-refractivity contribution in [3.05, 3.63) is 53.9 Å². The zero-order chi connectivity index (χ0) is 18.8. The number of carbonyl (C=O) groups excluding carboxylic acids is 1. The first kappa shape index (κ1) is 17.4. The number of urea groups is 1. The Bertz CT molecular complexity index is 942. The molecule has 0 aliphatic carbocycles. The van der Waals surface area contributed by atoms with Crippen molar-refractivity contribution in [2.45, 2.75) is 32.7 Å². The van der Waals surface area contributed by atoms with E-state index in [2.05, 4.69) is 20.5 Å². The van der Waals surface area contributed by atoms with Crippen LogP contribution in [-0.4, -0.2) is 24.1 Å². The van der Waals surface area contributed by atoms with Crippen molar-refractivity contribution >= 4 is 28.5 Å². The number of pyridine rings is 1. The molecule has 3 heterocycles. The number of benzene rings is 1. The van der Waals surface area contributed by atoms with Crippen molar-refractivity contribution in [2.75, 3.05) is 23.3 Å². The fourth-order valence-electron chi connectivity index (χ4n) is 3.63. The van der Waals surface area contributed by atoms with E-state index in [1.807, 2.05) is 50.2 Å². The van der Waals surface area contributed by atoms with Gasteiger partial charge in [0.2, 0.25) is 0 Å². The van der Waals surface area contributed by atoms with Gasteiger partial charge in [-0.05, 0) is 44.9 Å². The van der Waals surface area contributed by atoms with Gasteiger partial charge in [0, 0.05) is 24.0 Å². The summed E-state index contributed by atoms with van der Waals surface area (Å²) in [6.45, 7) is 6.03. The smallest absolute Gasteiger partial charge is 0.319 e. The van der Waals surface area contributed by atoms with Gasteiger partial charge in [0.05, 0.1) is 17.9 Å². The molecule has 0 saturated carbocycles. The average molecular weight is 364 g/mol. The Labute approximate surface area is 158 Å². The molecule has 1 fully saturated rings. The quantitative estimate of drug-likeness (QED) is 0.709. The number of carbonyl (C=O) groups is 1. The van der Waals surface area contributed by atoms with Gasteiger partial charge in [-0.2, -0.15) is 0 Å². The van der Waals surface area contributed by atoms with E-state index in [1.165, 1.54) is 12.8 Å². The number of amides is 2. The first-order valence-electron chi connectivity index (χ1n) is 9.38. The zero-order valence-corrected chi connectivity index (χ0v) is 15.7. The molecule has 1 aromatic carbocycles. The van der Waals surface area contributed by atoms with Crippen LogP contribution in [0.25, 0.3) is 11.0 Å². The van der Waals surface area contributed by atoms with Crippen LogP contribution < -0.4 is 15.5 Å². The third-order valence-corrected chi connectivity index (χ3v) is 5.06. The number of rotatable bonds is 4. The average Bonchev–Trinajstić information content (AvgIpc) is 3.31. The van der Waals surface area contributed by atoms with Crippen LogP contribution in [0.5, 0.6) is 0 Å². The second-order valence-corrected chi connectivity index (χ2v) is 7.01. The molecule has 1 saturated heterocycles. The van der Waals surface area contributed by atoms with Crippen LogP contribution in [0.4, 0.5) is 16.3 Å². The Kier molecular flexibility index (Phi) is 4.71. The first-order valence-corrected chi connectivity index (χ1v) is 9.38. The van der Waals surface area contributed by atoms with E-state index in [4.69, 9.17) is 4.42 Å². The normalized spacial score (nSPS) is 15.1. The first-order chi connectivity index (χ1) is 13.1. The number of nitrogens with zero attached hydrogens (tertiary/aromatic N) is 2. The summed E-state index contributed by atoms with van der Waals surface area (Å²) in [6.07, 6.45) is 4.12. The molecule has 4 rings (SSSR count). The maximum absolute atomic E-state index is 12.4. The van der Waals surface area contributed by atoms with Crippen molar-refractivity contribution in [1.82, 2.24) is 10.3 Å². The van der Waals surface area contributed by atoms with Gasteiger partial charge in [0.25, 0.3) is 0 Å². The number of para-hydroxylation sites is 1. The largest absolute Gasteiger partial charge is 0.459 e. The maximum Gasteiger partial charge on any atom is 0.319 e. The Morgan fingerprint density at radius 2 is 1.96 bits per heavy atom. The molecular weight excluding hydrogens is 340 g/mol. The maximum atomic E-state index is 12.4. The number of anilines is 2. The Hall–Kier alpha value is -3.02. The van der Waals surface area contributed by atoms with E-state index in [-0.39, 0.29) is 12.1 Å². The Morgan fingerprint density at radius 1 is 1.19 bits per heavy atom. The SMILES string of the molecule is Cc1c([C@@H](C)NC(=O)Nc2ccc(N3CCCC3)nc2)oc2ccccc12. The van der Waals surface area contributed by atoms with E-state index in [0.717, 1.165) is 41.2 Å². The highest BCUT2D eigenvalue weighted by molar-refractivity contribution is 5.89. The second-order valence-electron chi connectivity index (χ2n) is 7.01. The molecule has 0 spiro atoms. The number of hydrogen-bond donors (Lipinski definition) is 2. The molecule has 140 valence electrons. The van der Waals surface area contributed by atoms with Crippen LogP contribution in [0.2, 0.25) is 0 Å². The summed E-state index contributed by atoms with van der Waals surface area (Å²) in [5.74, 6) is 1.73. The van der Waals surface area contributed by atoms with Crippen molar-refractivity contribution < 1.29 is 9.21 Å². The molecule has 27 heavy (non-hydrogen) atoms. The Balaban J connectivity index is 1.40. The number of nitrogens with one attached hydrogen (secondary N) is 2. The summed E-state index contributed by atoms with van der Waals surface area (Å²) < 4.78 is 5.92. The van der Waals surface area contributed by atoms with E-state index in [9.17, 15) is 4.79 Å². The summed E-state index contributed by atoms with van der Waals surface area (Å²) in [6, 6.07) is 11.2. The molecule has 1 aliphatic heterocycles. The van der Waals surface area contributed by atoms with E-state index < -0.39 is 0 Å². The van der Waals surface area contributed by atoms with Crippen molar-refractivity contribution in [1.29, 1.82) is 0 Å². The van der Waals surface area contributed by atoms with Crippen LogP contribution in [0, 0.1) is 6.92 Å². The summed E-state index contributed by atoms with van der Waals surface area (Å²) in [7, 11) is 0. The molecule has 2 amide bonds. The third kappa shape index (κ3) is 3.60. The monoisotopic (exact) mass is 364 g/mol. The standard InChI is InChI=1S/C21H24N4O2/c1-14-17-7-3-4-8-18(17)27-20(14)15(2)23-21(26)24-16-9-10-19(22-13-16)25-11-5-6-12-25/h3-4,7-10,13,15H,5-6,11-12H2,1-2H3,(H2,23,24,26)/t15-/m1/s1. The fourth-order valence-corrected chi connectivity index (χ4v) is 3.63. The molecule has 0 bridgehead atoms. The summed E-state index contributed by atoms with van der Waals surface area (Å²) in [4.78, 5) is 19.1. The molecular formula is C21H24N4O2. The van der Waals surface area contributed by atoms with Crippen molar-refractivity contribution in [3.8, 4) is 0 Å². The highest BCUT2D eigenvalue weighted by atomic mass is 16.3. The number of fused-ring (bicyclic) bond motifs is 1. The molecule has 1 atom stereocenters. The lowest BCUT2D eigenvalue weighted by molar-refractivity contribution is 0.248. The summed E-state index contributed by atoms with van der Waals surface area (Å²) in [5.41, 5.74) is 2.56. The minimum absolute atomic E-state index is 0.241. The molecule has 0 radical (unpaired) electrons. The van der Waals surface area contributed by atoms with Crippen LogP contribution in [0.3, 0.4) is 0 Å². The van der Waals surface area contributed by atoms with Gasteiger partial charge in [-0.25, -0.2) is 9.78 Å².